The minimum absolute atomic E-state index is 0.160. The van der Waals surface area contributed by atoms with Crippen molar-refractivity contribution in [1.82, 2.24) is 0 Å². The maximum absolute atomic E-state index is 5.80. The van der Waals surface area contributed by atoms with Crippen LogP contribution < -0.4 is 0 Å². The van der Waals surface area contributed by atoms with Crippen molar-refractivity contribution in [1.29, 1.82) is 0 Å². The number of fused-ring (bicyclic) bond motifs is 1. The van der Waals surface area contributed by atoms with Crippen molar-refractivity contribution in [2.24, 2.45) is 0 Å². The first kappa shape index (κ1) is 13.2. The SMILES string of the molecule is COCOC[C@H]1O[C@@H](OC)[C@@H]2OC(C)(C)O[C@@H]21. The number of hydrogen-bond acceptors (Lipinski definition) is 6. The van der Waals surface area contributed by atoms with Gasteiger partial charge in [0.15, 0.2) is 12.1 Å². The fraction of sp³-hybridized carbons (Fsp3) is 1.00. The van der Waals surface area contributed by atoms with Crippen LogP contribution in [0.15, 0.2) is 0 Å². The minimum atomic E-state index is -0.602. The molecule has 6 nitrogen and oxygen atoms in total. The molecule has 4 atom stereocenters. The third-order valence-electron chi connectivity index (χ3n) is 2.82. The average Bonchev–Trinajstić information content (AvgIpc) is 2.73. The Morgan fingerprint density at radius 2 is 1.82 bits per heavy atom. The van der Waals surface area contributed by atoms with E-state index in [0.717, 1.165) is 0 Å². The van der Waals surface area contributed by atoms with Gasteiger partial charge in [0.2, 0.25) is 0 Å². The number of hydrogen-bond donors (Lipinski definition) is 0. The first-order valence-corrected chi connectivity index (χ1v) is 5.68. The molecule has 0 spiro atoms. The van der Waals surface area contributed by atoms with E-state index in [9.17, 15) is 0 Å². The summed E-state index contributed by atoms with van der Waals surface area (Å²) in [5.41, 5.74) is 0. The van der Waals surface area contributed by atoms with Gasteiger partial charge in [-0.05, 0) is 13.8 Å². The van der Waals surface area contributed by atoms with Crippen molar-refractivity contribution in [3.63, 3.8) is 0 Å². The Morgan fingerprint density at radius 3 is 2.47 bits per heavy atom. The first-order chi connectivity index (χ1) is 8.07. The highest BCUT2D eigenvalue weighted by Crippen LogP contribution is 2.38. The summed E-state index contributed by atoms with van der Waals surface area (Å²) < 4.78 is 32.6. The number of methoxy groups -OCH3 is 2. The smallest absolute Gasteiger partial charge is 0.186 e. The Morgan fingerprint density at radius 1 is 1.12 bits per heavy atom. The lowest BCUT2D eigenvalue weighted by atomic mass is 10.1. The zero-order valence-corrected chi connectivity index (χ0v) is 10.7. The van der Waals surface area contributed by atoms with Gasteiger partial charge >= 0.3 is 0 Å². The van der Waals surface area contributed by atoms with E-state index < -0.39 is 12.1 Å². The number of ether oxygens (including phenoxy) is 6. The molecule has 0 amide bonds. The molecule has 0 aromatic carbocycles. The van der Waals surface area contributed by atoms with Crippen LogP contribution in [0, 0.1) is 0 Å². The van der Waals surface area contributed by atoms with Gasteiger partial charge in [0.25, 0.3) is 0 Å². The lowest BCUT2D eigenvalue weighted by Crippen LogP contribution is -2.33. The van der Waals surface area contributed by atoms with Crippen LogP contribution in [0.25, 0.3) is 0 Å². The highest BCUT2D eigenvalue weighted by Gasteiger charge is 2.55. The maximum atomic E-state index is 5.80. The van der Waals surface area contributed by atoms with Gasteiger partial charge in [-0.25, -0.2) is 0 Å². The molecule has 0 aromatic heterocycles. The maximum Gasteiger partial charge on any atom is 0.186 e. The molecule has 6 heteroatoms. The van der Waals surface area contributed by atoms with Crippen molar-refractivity contribution in [2.45, 2.75) is 44.2 Å². The molecular weight excluding hydrogens is 228 g/mol. The van der Waals surface area contributed by atoms with E-state index >= 15 is 0 Å². The number of rotatable bonds is 5. The van der Waals surface area contributed by atoms with Gasteiger partial charge in [-0.2, -0.15) is 0 Å². The van der Waals surface area contributed by atoms with Crippen LogP contribution in [-0.4, -0.2) is 58.0 Å². The predicted octanol–water partition coefficient (Wildman–Crippen LogP) is 0.498. The Kier molecular flexibility index (Phi) is 4.02. The molecule has 100 valence electrons. The highest BCUT2D eigenvalue weighted by atomic mass is 16.8. The molecule has 2 rings (SSSR count). The van der Waals surface area contributed by atoms with Crippen LogP contribution in [0.1, 0.15) is 13.8 Å². The molecule has 2 aliphatic heterocycles. The molecule has 17 heavy (non-hydrogen) atoms. The second-order valence-electron chi connectivity index (χ2n) is 4.62. The summed E-state index contributed by atoms with van der Waals surface area (Å²) in [7, 11) is 3.17. The zero-order chi connectivity index (χ0) is 12.5. The molecule has 0 radical (unpaired) electrons. The quantitative estimate of drug-likeness (QED) is 0.521. The Balaban J connectivity index is 1.95. The van der Waals surface area contributed by atoms with Gasteiger partial charge in [-0.15, -0.1) is 0 Å². The van der Waals surface area contributed by atoms with E-state index in [1.807, 2.05) is 13.8 Å². The summed E-state index contributed by atoms with van der Waals surface area (Å²) >= 11 is 0. The molecule has 2 heterocycles. The predicted molar refractivity (Wildman–Crippen MR) is 57.3 cm³/mol. The van der Waals surface area contributed by atoms with E-state index in [2.05, 4.69) is 0 Å². The van der Waals surface area contributed by atoms with E-state index in [-0.39, 0.29) is 25.1 Å². The van der Waals surface area contributed by atoms with Crippen LogP contribution in [0.2, 0.25) is 0 Å². The summed E-state index contributed by atoms with van der Waals surface area (Å²) in [5.74, 6) is -0.602. The van der Waals surface area contributed by atoms with Gasteiger partial charge in [0.05, 0.1) is 6.61 Å². The van der Waals surface area contributed by atoms with E-state index in [0.29, 0.717) is 6.61 Å². The Hall–Kier alpha value is -0.240. The second kappa shape index (κ2) is 5.17. The van der Waals surface area contributed by atoms with Crippen LogP contribution in [0.4, 0.5) is 0 Å². The molecule has 2 aliphatic rings. The molecule has 0 N–H and O–H groups in total. The van der Waals surface area contributed by atoms with Crippen LogP contribution in [-0.2, 0) is 28.4 Å². The average molecular weight is 248 g/mol. The lowest BCUT2D eigenvalue weighted by Gasteiger charge is -2.23. The molecule has 0 saturated carbocycles. The van der Waals surface area contributed by atoms with Gasteiger partial charge in [-0.3, -0.25) is 0 Å². The molecule has 2 saturated heterocycles. The largest absolute Gasteiger partial charge is 0.359 e. The van der Waals surface area contributed by atoms with E-state index in [1.165, 1.54) is 0 Å². The summed E-state index contributed by atoms with van der Waals surface area (Å²) in [4.78, 5) is 0. The molecule has 0 aliphatic carbocycles. The summed E-state index contributed by atoms with van der Waals surface area (Å²) in [5, 5.41) is 0. The summed E-state index contributed by atoms with van der Waals surface area (Å²) in [6.07, 6.45) is -0.960. The highest BCUT2D eigenvalue weighted by molar-refractivity contribution is 4.94. The monoisotopic (exact) mass is 248 g/mol. The minimum Gasteiger partial charge on any atom is -0.359 e. The molecule has 2 fully saturated rings. The Labute approximate surface area is 101 Å². The van der Waals surface area contributed by atoms with Crippen molar-refractivity contribution in [3.8, 4) is 0 Å². The fourth-order valence-electron chi connectivity index (χ4n) is 2.21. The van der Waals surface area contributed by atoms with Crippen LogP contribution >= 0.6 is 0 Å². The molecule has 0 aromatic rings. The molecule has 0 unspecified atom stereocenters. The summed E-state index contributed by atoms with van der Waals surface area (Å²) in [6.45, 7) is 4.39. The molecule has 0 bridgehead atoms. The van der Waals surface area contributed by atoms with Gasteiger partial charge in [-0.1, -0.05) is 0 Å². The second-order valence-corrected chi connectivity index (χ2v) is 4.62. The van der Waals surface area contributed by atoms with Crippen LogP contribution in [0.5, 0.6) is 0 Å². The first-order valence-electron chi connectivity index (χ1n) is 5.68. The van der Waals surface area contributed by atoms with E-state index in [4.69, 9.17) is 28.4 Å². The van der Waals surface area contributed by atoms with Crippen LogP contribution in [0.3, 0.4) is 0 Å². The summed E-state index contributed by atoms with van der Waals surface area (Å²) in [6, 6.07) is 0. The topological polar surface area (TPSA) is 55.4 Å². The Bertz CT molecular complexity index is 256. The van der Waals surface area contributed by atoms with Gasteiger partial charge in [0.1, 0.15) is 25.1 Å². The molecular formula is C11H20O6. The van der Waals surface area contributed by atoms with E-state index in [1.54, 1.807) is 14.2 Å². The van der Waals surface area contributed by atoms with Gasteiger partial charge < -0.3 is 28.4 Å². The van der Waals surface area contributed by atoms with Crippen molar-refractivity contribution in [3.05, 3.63) is 0 Å². The lowest BCUT2D eigenvalue weighted by molar-refractivity contribution is -0.234. The van der Waals surface area contributed by atoms with Gasteiger partial charge in [0, 0.05) is 14.2 Å². The normalized spacial score (nSPS) is 39.5. The van der Waals surface area contributed by atoms with Crippen molar-refractivity contribution in [2.75, 3.05) is 27.6 Å². The fourth-order valence-corrected chi connectivity index (χ4v) is 2.21. The zero-order valence-electron chi connectivity index (χ0n) is 10.7. The van der Waals surface area contributed by atoms with Crippen molar-refractivity contribution < 1.29 is 28.4 Å². The third-order valence-corrected chi connectivity index (χ3v) is 2.82. The third kappa shape index (κ3) is 2.78. The van der Waals surface area contributed by atoms with Crippen molar-refractivity contribution >= 4 is 0 Å². The standard InChI is InChI=1S/C11H20O6/c1-11(2)16-8-7(5-14-6-12-3)15-10(13-4)9(8)17-11/h7-10H,5-6H2,1-4H3/t7-,8-,9-,10-/m1/s1.